The van der Waals surface area contributed by atoms with Gasteiger partial charge in [-0.3, -0.25) is 9.59 Å². The van der Waals surface area contributed by atoms with Gasteiger partial charge in [-0.2, -0.15) is 5.10 Å². The van der Waals surface area contributed by atoms with Crippen molar-refractivity contribution in [2.45, 2.75) is 19.4 Å². The molecule has 2 aromatic heterocycles. The molecule has 184 valence electrons. The monoisotopic (exact) mass is 505 g/mol. The van der Waals surface area contributed by atoms with Crippen LogP contribution in [0, 0.1) is 11.7 Å². The quantitative estimate of drug-likeness (QED) is 0.415. The summed E-state index contributed by atoms with van der Waals surface area (Å²) in [6.07, 6.45) is 6.62. The number of nitrogens with zero attached hydrogens (tertiary/aromatic N) is 4. The van der Waals surface area contributed by atoms with E-state index in [1.807, 2.05) is 42.7 Å². The Morgan fingerprint density at radius 1 is 1.06 bits per heavy atom. The zero-order valence-corrected chi connectivity index (χ0v) is 20.2. The standard InChI is InChI=1S/C27H25ClFN5O2/c28-24-8-2-1-6-19(24)16-30-25(35)20-7-5-15-33(18-20)27(36)23-17-31-34(22-11-9-21(29)10-12-22)26(23)32-13-3-4-14-32/h1-4,6,8-14,17,20H,5,7,15-16,18H2,(H,30,35)/t20-/m0/s1. The Kier molecular flexibility index (Phi) is 6.86. The summed E-state index contributed by atoms with van der Waals surface area (Å²) in [4.78, 5) is 28.3. The zero-order chi connectivity index (χ0) is 25.1. The van der Waals surface area contributed by atoms with Crippen molar-refractivity contribution in [1.82, 2.24) is 24.6 Å². The maximum Gasteiger partial charge on any atom is 0.259 e. The highest BCUT2D eigenvalue weighted by atomic mass is 35.5. The largest absolute Gasteiger partial charge is 0.352 e. The summed E-state index contributed by atoms with van der Waals surface area (Å²) in [5, 5.41) is 8.01. The number of likely N-dealkylation sites (tertiary alicyclic amines) is 1. The van der Waals surface area contributed by atoms with Gasteiger partial charge in [0.05, 0.1) is 17.8 Å². The summed E-state index contributed by atoms with van der Waals surface area (Å²) < 4.78 is 16.9. The Labute approximate surface area is 213 Å². The van der Waals surface area contributed by atoms with Gasteiger partial charge in [0.2, 0.25) is 5.91 Å². The molecule has 1 fully saturated rings. The zero-order valence-electron chi connectivity index (χ0n) is 19.5. The first-order chi connectivity index (χ1) is 17.5. The fourth-order valence-corrected chi connectivity index (χ4v) is 4.71. The van der Waals surface area contributed by atoms with E-state index in [0.717, 1.165) is 12.0 Å². The van der Waals surface area contributed by atoms with Crippen molar-refractivity contribution in [1.29, 1.82) is 0 Å². The third-order valence-corrected chi connectivity index (χ3v) is 6.75. The summed E-state index contributed by atoms with van der Waals surface area (Å²) in [7, 11) is 0. The van der Waals surface area contributed by atoms with Crippen LogP contribution < -0.4 is 5.32 Å². The van der Waals surface area contributed by atoms with Crippen LogP contribution in [0.4, 0.5) is 4.39 Å². The smallest absolute Gasteiger partial charge is 0.259 e. The number of rotatable bonds is 6. The van der Waals surface area contributed by atoms with Crippen LogP contribution in [0.1, 0.15) is 28.8 Å². The van der Waals surface area contributed by atoms with Gasteiger partial charge < -0.3 is 14.8 Å². The average Bonchev–Trinajstić information content (AvgIpc) is 3.58. The molecule has 0 bridgehead atoms. The van der Waals surface area contributed by atoms with Crippen LogP contribution >= 0.6 is 11.6 Å². The molecular weight excluding hydrogens is 481 g/mol. The topological polar surface area (TPSA) is 72.2 Å². The lowest BCUT2D eigenvalue weighted by molar-refractivity contribution is -0.126. The van der Waals surface area contributed by atoms with Crippen LogP contribution in [0.15, 0.2) is 79.3 Å². The first kappa shape index (κ1) is 23.8. The second-order valence-electron chi connectivity index (χ2n) is 8.76. The molecule has 3 heterocycles. The summed E-state index contributed by atoms with van der Waals surface area (Å²) in [6, 6.07) is 17.0. The van der Waals surface area contributed by atoms with E-state index in [0.29, 0.717) is 48.1 Å². The molecule has 2 aromatic carbocycles. The molecule has 36 heavy (non-hydrogen) atoms. The number of aromatic nitrogens is 3. The van der Waals surface area contributed by atoms with Gasteiger partial charge in [-0.05, 0) is 60.9 Å². The molecular formula is C27H25ClFN5O2. The molecule has 0 radical (unpaired) electrons. The molecule has 1 saturated heterocycles. The van der Waals surface area contributed by atoms with E-state index in [9.17, 15) is 14.0 Å². The van der Waals surface area contributed by atoms with Gasteiger partial charge in [0.1, 0.15) is 11.4 Å². The van der Waals surface area contributed by atoms with Crippen molar-refractivity contribution in [2.75, 3.05) is 13.1 Å². The average molecular weight is 506 g/mol. The van der Waals surface area contributed by atoms with E-state index in [1.165, 1.54) is 18.3 Å². The molecule has 1 atom stereocenters. The Morgan fingerprint density at radius 3 is 2.56 bits per heavy atom. The summed E-state index contributed by atoms with van der Waals surface area (Å²) >= 11 is 6.20. The van der Waals surface area contributed by atoms with Gasteiger partial charge in [-0.15, -0.1) is 0 Å². The molecule has 5 rings (SSSR count). The maximum atomic E-state index is 13.7. The van der Waals surface area contributed by atoms with Crippen LogP contribution in [0.25, 0.3) is 11.5 Å². The molecule has 4 aromatic rings. The Hall–Kier alpha value is -3.91. The molecule has 0 unspecified atom stereocenters. The number of hydrogen-bond acceptors (Lipinski definition) is 3. The first-order valence-electron chi connectivity index (χ1n) is 11.8. The molecule has 2 amide bonds. The Morgan fingerprint density at radius 2 is 1.81 bits per heavy atom. The lowest BCUT2D eigenvalue weighted by Gasteiger charge is -2.32. The van der Waals surface area contributed by atoms with E-state index in [4.69, 9.17) is 11.6 Å². The number of amides is 2. The molecule has 7 nitrogen and oxygen atoms in total. The highest BCUT2D eigenvalue weighted by Gasteiger charge is 2.31. The molecule has 1 N–H and O–H groups in total. The second-order valence-corrected chi connectivity index (χ2v) is 9.17. The van der Waals surface area contributed by atoms with E-state index in [2.05, 4.69) is 10.4 Å². The number of nitrogens with one attached hydrogen (secondary N) is 1. The van der Waals surface area contributed by atoms with Crippen LogP contribution in [-0.2, 0) is 11.3 Å². The molecule has 0 spiro atoms. The molecule has 1 aliphatic rings. The van der Waals surface area contributed by atoms with E-state index >= 15 is 0 Å². The van der Waals surface area contributed by atoms with Crippen LogP contribution in [-0.4, -0.2) is 44.2 Å². The lowest BCUT2D eigenvalue weighted by Crippen LogP contribution is -2.45. The Balaban J connectivity index is 1.35. The minimum Gasteiger partial charge on any atom is -0.352 e. The summed E-state index contributed by atoms with van der Waals surface area (Å²) in [5.74, 6) is -0.401. The number of hydrogen-bond donors (Lipinski definition) is 1. The van der Waals surface area contributed by atoms with Gasteiger partial charge in [0.25, 0.3) is 5.91 Å². The third kappa shape index (κ3) is 4.90. The lowest BCUT2D eigenvalue weighted by atomic mass is 9.96. The predicted molar refractivity (Wildman–Crippen MR) is 135 cm³/mol. The molecule has 9 heteroatoms. The molecule has 0 saturated carbocycles. The Bertz CT molecular complexity index is 1370. The first-order valence-corrected chi connectivity index (χ1v) is 12.2. The van der Waals surface area contributed by atoms with E-state index < -0.39 is 0 Å². The van der Waals surface area contributed by atoms with Crippen LogP contribution in [0.5, 0.6) is 0 Å². The van der Waals surface area contributed by atoms with Crippen molar-refractivity contribution in [2.24, 2.45) is 5.92 Å². The molecule has 0 aliphatic carbocycles. The predicted octanol–water partition coefficient (Wildman–Crippen LogP) is 4.62. The van der Waals surface area contributed by atoms with Crippen molar-refractivity contribution < 1.29 is 14.0 Å². The second kappa shape index (κ2) is 10.4. The number of benzene rings is 2. The maximum absolute atomic E-state index is 13.7. The number of halogens is 2. The summed E-state index contributed by atoms with van der Waals surface area (Å²) in [5.41, 5.74) is 1.89. The van der Waals surface area contributed by atoms with Gasteiger partial charge in [0, 0.05) is 37.1 Å². The minimum atomic E-state index is -0.350. The van der Waals surface area contributed by atoms with Crippen LogP contribution in [0.3, 0.4) is 0 Å². The van der Waals surface area contributed by atoms with Gasteiger partial charge >= 0.3 is 0 Å². The highest BCUT2D eigenvalue weighted by Crippen LogP contribution is 2.25. The van der Waals surface area contributed by atoms with Gasteiger partial charge in [-0.25, -0.2) is 9.07 Å². The fourth-order valence-electron chi connectivity index (χ4n) is 4.50. The number of carbonyl (C=O) groups excluding carboxylic acids is 2. The number of carbonyl (C=O) groups is 2. The highest BCUT2D eigenvalue weighted by molar-refractivity contribution is 6.31. The summed E-state index contributed by atoms with van der Waals surface area (Å²) in [6.45, 7) is 1.21. The van der Waals surface area contributed by atoms with Gasteiger partial charge in [-0.1, -0.05) is 29.8 Å². The van der Waals surface area contributed by atoms with Crippen molar-refractivity contribution >= 4 is 23.4 Å². The van der Waals surface area contributed by atoms with Crippen molar-refractivity contribution in [3.05, 3.63) is 101 Å². The van der Waals surface area contributed by atoms with Crippen molar-refractivity contribution in [3.63, 3.8) is 0 Å². The fraction of sp³-hybridized carbons (Fsp3) is 0.222. The van der Waals surface area contributed by atoms with Crippen LogP contribution in [0.2, 0.25) is 5.02 Å². The minimum absolute atomic E-state index is 0.0972. The molecule has 1 aliphatic heterocycles. The van der Waals surface area contributed by atoms with Gasteiger partial charge in [0.15, 0.2) is 5.82 Å². The van der Waals surface area contributed by atoms with Crippen molar-refractivity contribution in [3.8, 4) is 11.5 Å². The van der Waals surface area contributed by atoms with E-state index in [-0.39, 0.29) is 23.5 Å². The normalized spacial score (nSPS) is 15.6. The van der Waals surface area contributed by atoms with E-state index in [1.54, 1.807) is 32.3 Å². The third-order valence-electron chi connectivity index (χ3n) is 6.38. The SMILES string of the molecule is O=C(NCc1ccccc1Cl)[C@H]1CCCN(C(=O)c2cnn(-c3ccc(F)cc3)c2-n2cccc2)C1. The number of piperidine rings is 1.